The number of aliphatic hydroxyl groups is 1. The summed E-state index contributed by atoms with van der Waals surface area (Å²) >= 11 is 0. The lowest BCUT2D eigenvalue weighted by molar-refractivity contribution is -0.134. The van der Waals surface area contributed by atoms with E-state index in [0.29, 0.717) is 24.6 Å². The summed E-state index contributed by atoms with van der Waals surface area (Å²) in [6.07, 6.45) is 1.41. The number of amides is 1. The highest BCUT2D eigenvalue weighted by molar-refractivity contribution is 5.97. The standard InChI is InChI=1S/C21H30N2O4/c24-16-18-12-17(13-22-8-10-27-11-9-22)14-23(15-18)21(26)7-6-20(25)19-4-2-1-3-5-19/h1-5,17-18,24H,6-16H2/t17-,18+/m1/s1. The van der Waals surface area contributed by atoms with Crippen LogP contribution < -0.4 is 0 Å². The van der Waals surface area contributed by atoms with E-state index in [4.69, 9.17) is 4.74 Å². The number of hydrogen-bond donors (Lipinski definition) is 1. The number of nitrogens with zero attached hydrogens (tertiary/aromatic N) is 2. The molecule has 0 spiro atoms. The maximum absolute atomic E-state index is 12.7. The molecule has 0 bridgehead atoms. The third kappa shape index (κ3) is 5.86. The second-order valence-corrected chi connectivity index (χ2v) is 7.65. The van der Waals surface area contributed by atoms with Crippen molar-refractivity contribution in [3.05, 3.63) is 35.9 Å². The molecule has 0 aliphatic carbocycles. The van der Waals surface area contributed by atoms with Crippen molar-refractivity contribution in [2.24, 2.45) is 11.8 Å². The van der Waals surface area contributed by atoms with Crippen LogP contribution in [0.1, 0.15) is 29.6 Å². The van der Waals surface area contributed by atoms with Crippen molar-refractivity contribution in [3.8, 4) is 0 Å². The Labute approximate surface area is 161 Å². The molecule has 2 heterocycles. The highest BCUT2D eigenvalue weighted by atomic mass is 16.5. The molecule has 6 nitrogen and oxygen atoms in total. The van der Waals surface area contributed by atoms with Crippen molar-refractivity contribution >= 4 is 11.7 Å². The van der Waals surface area contributed by atoms with Gasteiger partial charge in [0.2, 0.25) is 5.91 Å². The molecule has 2 atom stereocenters. The van der Waals surface area contributed by atoms with Gasteiger partial charge < -0.3 is 14.7 Å². The molecule has 2 fully saturated rings. The van der Waals surface area contributed by atoms with Crippen molar-refractivity contribution in [3.63, 3.8) is 0 Å². The molecule has 27 heavy (non-hydrogen) atoms. The Hall–Kier alpha value is -1.76. The summed E-state index contributed by atoms with van der Waals surface area (Å²) in [4.78, 5) is 29.2. The second kappa shape index (κ2) is 9.97. The number of ether oxygens (including phenoxy) is 1. The normalized spacial score (nSPS) is 24.0. The smallest absolute Gasteiger partial charge is 0.223 e. The molecule has 0 saturated carbocycles. The third-order valence-corrected chi connectivity index (χ3v) is 5.52. The van der Waals surface area contributed by atoms with E-state index in [-0.39, 0.29) is 37.1 Å². The van der Waals surface area contributed by atoms with E-state index in [0.717, 1.165) is 39.3 Å². The van der Waals surface area contributed by atoms with Crippen molar-refractivity contribution in [2.75, 3.05) is 52.5 Å². The van der Waals surface area contributed by atoms with E-state index in [2.05, 4.69) is 4.90 Å². The molecule has 0 radical (unpaired) electrons. The van der Waals surface area contributed by atoms with Gasteiger partial charge in [0, 0.05) is 57.7 Å². The largest absolute Gasteiger partial charge is 0.396 e. The molecule has 1 N–H and O–H groups in total. The number of carbonyl (C=O) groups excluding carboxylic acids is 2. The van der Waals surface area contributed by atoms with Crippen molar-refractivity contribution < 1.29 is 19.4 Å². The number of likely N-dealkylation sites (tertiary alicyclic amines) is 1. The summed E-state index contributed by atoms with van der Waals surface area (Å²) in [5, 5.41) is 9.66. The third-order valence-electron chi connectivity index (χ3n) is 5.52. The molecular weight excluding hydrogens is 344 g/mol. The Balaban J connectivity index is 1.52. The fraction of sp³-hybridized carbons (Fsp3) is 0.619. The van der Waals surface area contributed by atoms with Crippen molar-refractivity contribution in [2.45, 2.75) is 19.3 Å². The first-order valence-corrected chi connectivity index (χ1v) is 9.92. The number of aliphatic hydroxyl groups excluding tert-OH is 1. The number of hydrogen-bond acceptors (Lipinski definition) is 5. The Kier molecular flexibility index (Phi) is 7.38. The van der Waals surface area contributed by atoms with E-state index in [1.807, 2.05) is 23.1 Å². The van der Waals surface area contributed by atoms with Crippen LogP contribution in [-0.2, 0) is 9.53 Å². The second-order valence-electron chi connectivity index (χ2n) is 7.65. The fourth-order valence-electron chi connectivity index (χ4n) is 4.08. The molecule has 2 saturated heterocycles. The number of carbonyl (C=O) groups is 2. The first kappa shape index (κ1) is 20.0. The molecule has 6 heteroatoms. The zero-order valence-electron chi connectivity index (χ0n) is 15.9. The molecule has 1 aromatic rings. The molecule has 148 valence electrons. The van der Waals surface area contributed by atoms with Crippen LogP contribution in [0.15, 0.2) is 30.3 Å². The quantitative estimate of drug-likeness (QED) is 0.732. The van der Waals surface area contributed by atoms with Crippen LogP contribution in [0, 0.1) is 11.8 Å². The van der Waals surface area contributed by atoms with Crippen molar-refractivity contribution in [1.29, 1.82) is 0 Å². The Morgan fingerprint density at radius 1 is 1.04 bits per heavy atom. The summed E-state index contributed by atoms with van der Waals surface area (Å²) in [7, 11) is 0. The highest BCUT2D eigenvalue weighted by Gasteiger charge is 2.31. The Morgan fingerprint density at radius 2 is 1.74 bits per heavy atom. The average Bonchev–Trinajstić information content (AvgIpc) is 2.72. The van der Waals surface area contributed by atoms with Gasteiger partial charge in [0.05, 0.1) is 13.2 Å². The number of piperidine rings is 1. The SMILES string of the molecule is O=C(CCC(=O)N1C[C@@H](CN2CCOCC2)C[C@H](CO)C1)c1ccccc1. The molecular formula is C21H30N2O4. The first-order valence-electron chi connectivity index (χ1n) is 9.92. The van der Waals surface area contributed by atoms with Crippen LogP contribution in [0.2, 0.25) is 0 Å². The molecule has 1 aromatic carbocycles. The number of Topliss-reactive ketones (excluding diaryl/α,β-unsaturated/α-hetero) is 1. The highest BCUT2D eigenvalue weighted by Crippen LogP contribution is 2.24. The number of rotatable bonds is 7. The molecule has 2 aliphatic heterocycles. The van der Waals surface area contributed by atoms with Crippen LogP contribution in [0.25, 0.3) is 0 Å². The number of morpholine rings is 1. The maximum Gasteiger partial charge on any atom is 0.223 e. The van der Waals surface area contributed by atoms with Gasteiger partial charge in [-0.05, 0) is 18.3 Å². The van der Waals surface area contributed by atoms with Gasteiger partial charge in [0.15, 0.2) is 5.78 Å². The Bertz CT molecular complexity index is 616. The van der Waals surface area contributed by atoms with E-state index in [1.54, 1.807) is 12.1 Å². The lowest BCUT2D eigenvalue weighted by atomic mass is 9.88. The zero-order valence-corrected chi connectivity index (χ0v) is 15.9. The number of ketones is 1. The molecule has 0 aromatic heterocycles. The fourth-order valence-corrected chi connectivity index (χ4v) is 4.08. The molecule has 0 unspecified atom stereocenters. The molecule has 3 rings (SSSR count). The lowest BCUT2D eigenvalue weighted by Gasteiger charge is -2.40. The van der Waals surface area contributed by atoms with E-state index < -0.39 is 0 Å². The predicted octanol–water partition coefficient (Wildman–Crippen LogP) is 1.44. The van der Waals surface area contributed by atoms with Crippen LogP contribution in [0.5, 0.6) is 0 Å². The van der Waals surface area contributed by atoms with Gasteiger partial charge in [-0.3, -0.25) is 14.5 Å². The van der Waals surface area contributed by atoms with Crippen LogP contribution in [0.3, 0.4) is 0 Å². The minimum atomic E-state index is 0.00420. The van der Waals surface area contributed by atoms with E-state index in [9.17, 15) is 14.7 Å². The summed E-state index contributed by atoms with van der Waals surface area (Å²) in [5.41, 5.74) is 0.655. The van der Waals surface area contributed by atoms with Gasteiger partial charge in [-0.15, -0.1) is 0 Å². The molecule has 1 amide bonds. The zero-order chi connectivity index (χ0) is 19.1. The Morgan fingerprint density at radius 3 is 2.44 bits per heavy atom. The van der Waals surface area contributed by atoms with Crippen molar-refractivity contribution in [1.82, 2.24) is 9.80 Å². The van der Waals surface area contributed by atoms with Gasteiger partial charge >= 0.3 is 0 Å². The van der Waals surface area contributed by atoms with Crippen LogP contribution >= 0.6 is 0 Å². The average molecular weight is 374 g/mol. The summed E-state index contributed by atoms with van der Waals surface area (Å²) < 4.78 is 5.40. The summed E-state index contributed by atoms with van der Waals surface area (Å²) in [5.74, 6) is 0.510. The lowest BCUT2D eigenvalue weighted by Crippen LogP contribution is -2.49. The van der Waals surface area contributed by atoms with Crippen LogP contribution in [0.4, 0.5) is 0 Å². The van der Waals surface area contributed by atoms with Gasteiger partial charge in [-0.1, -0.05) is 30.3 Å². The topological polar surface area (TPSA) is 70.1 Å². The molecule has 2 aliphatic rings. The maximum atomic E-state index is 12.7. The van der Waals surface area contributed by atoms with Crippen LogP contribution in [-0.4, -0.2) is 79.1 Å². The minimum Gasteiger partial charge on any atom is -0.396 e. The van der Waals surface area contributed by atoms with Gasteiger partial charge in [-0.2, -0.15) is 0 Å². The minimum absolute atomic E-state index is 0.00420. The van der Waals surface area contributed by atoms with Gasteiger partial charge in [-0.25, -0.2) is 0 Å². The number of benzene rings is 1. The first-order chi connectivity index (χ1) is 13.2. The van der Waals surface area contributed by atoms with Gasteiger partial charge in [0.25, 0.3) is 0 Å². The van der Waals surface area contributed by atoms with E-state index >= 15 is 0 Å². The van der Waals surface area contributed by atoms with Gasteiger partial charge in [0.1, 0.15) is 0 Å². The summed E-state index contributed by atoms with van der Waals surface area (Å²) in [6.45, 7) is 5.74. The summed E-state index contributed by atoms with van der Waals surface area (Å²) in [6, 6.07) is 9.12. The monoisotopic (exact) mass is 374 g/mol. The van der Waals surface area contributed by atoms with E-state index in [1.165, 1.54) is 0 Å². The predicted molar refractivity (Wildman–Crippen MR) is 103 cm³/mol.